The van der Waals surface area contributed by atoms with Gasteiger partial charge in [0.05, 0.1) is 19.3 Å². The van der Waals surface area contributed by atoms with Crippen LogP contribution in [0.2, 0.25) is 0 Å². The number of sulfonamides is 1. The normalized spacial score (nSPS) is 24.0. The Labute approximate surface area is 176 Å². The first kappa shape index (κ1) is 22.5. The average Bonchev–Trinajstić information content (AvgIpc) is 2.71. The van der Waals surface area contributed by atoms with E-state index in [0.29, 0.717) is 12.8 Å². The number of carbonyl (C=O) groups excluding carboxylic acids is 2. The van der Waals surface area contributed by atoms with Crippen molar-refractivity contribution in [3.63, 3.8) is 0 Å². The van der Waals surface area contributed by atoms with Crippen LogP contribution in [0.5, 0.6) is 5.75 Å². The zero-order valence-corrected chi connectivity index (χ0v) is 18.1. The van der Waals surface area contributed by atoms with Crippen LogP contribution in [0.1, 0.15) is 36.0 Å². The van der Waals surface area contributed by atoms with Gasteiger partial charge < -0.3 is 15.0 Å². The van der Waals surface area contributed by atoms with Gasteiger partial charge in [0, 0.05) is 37.8 Å². The maximum absolute atomic E-state index is 14.1. The van der Waals surface area contributed by atoms with Crippen LogP contribution in [0.4, 0.5) is 4.39 Å². The molecule has 30 heavy (non-hydrogen) atoms. The minimum Gasteiger partial charge on any atom is -0.494 e. The number of benzene rings is 1. The van der Waals surface area contributed by atoms with E-state index in [1.165, 1.54) is 28.4 Å². The van der Waals surface area contributed by atoms with Crippen molar-refractivity contribution >= 4 is 21.8 Å². The van der Waals surface area contributed by atoms with Gasteiger partial charge in [-0.05, 0) is 31.0 Å². The first-order valence-electron chi connectivity index (χ1n) is 10.1. The van der Waals surface area contributed by atoms with E-state index < -0.39 is 27.8 Å². The highest BCUT2D eigenvalue weighted by Gasteiger charge is 2.39. The lowest BCUT2D eigenvalue weighted by Gasteiger charge is -2.39. The van der Waals surface area contributed by atoms with E-state index in [1.54, 1.807) is 0 Å². The highest BCUT2D eigenvalue weighted by Crippen LogP contribution is 2.30. The molecule has 1 heterocycles. The molecule has 166 valence electrons. The van der Waals surface area contributed by atoms with Gasteiger partial charge in [0.25, 0.3) is 5.91 Å². The van der Waals surface area contributed by atoms with Crippen LogP contribution < -0.4 is 10.1 Å². The summed E-state index contributed by atoms with van der Waals surface area (Å²) in [6.45, 7) is 0.703. The van der Waals surface area contributed by atoms with Gasteiger partial charge in [-0.3, -0.25) is 9.59 Å². The van der Waals surface area contributed by atoms with Gasteiger partial charge in [0.1, 0.15) is 0 Å². The largest absolute Gasteiger partial charge is 0.494 e. The van der Waals surface area contributed by atoms with Crippen LogP contribution in [-0.2, 0) is 14.8 Å². The quantitative estimate of drug-likeness (QED) is 0.761. The third kappa shape index (κ3) is 4.92. The first-order chi connectivity index (χ1) is 14.2. The average molecular weight is 442 g/mol. The Morgan fingerprint density at radius 1 is 1.20 bits per heavy atom. The second-order valence-corrected chi connectivity index (χ2v) is 9.70. The summed E-state index contributed by atoms with van der Waals surface area (Å²) in [5.74, 6) is -1.61. The van der Waals surface area contributed by atoms with Gasteiger partial charge in [0.2, 0.25) is 15.9 Å². The second-order valence-electron chi connectivity index (χ2n) is 7.76. The topological polar surface area (TPSA) is 96.0 Å². The molecule has 2 atom stereocenters. The smallest absolute Gasteiger partial charge is 0.254 e. The SMILES string of the molecule is COc1ccc(C(=O)N2CCNC(=O)[C@H]3CCCC[C@H]3N(S(C)(=O)=O)CC2)cc1F. The van der Waals surface area contributed by atoms with Crippen LogP contribution >= 0.6 is 0 Å². The third-order valence-corrected chi connectivity index (χ3v) is 7.12. The first-order valence-corrected chi connectivity index (χ1v) is 11.9. The van der Waals surface area contributed by atoms with E-state index in [0.717, 1.165) is 25.2 Å². The Bertz CT molecular complexity index is 908. The lowest BCUT2D eigenvalue weighted by atomic mass is 9.83. The third-order valence-electron chi connectivity index (χ3n) is 5.82. The van der Waals surface area contributed by atoms with E-state index in [-0.39, 0.29) is 49.3 Å². The molecule has 0 spiro atoms. The summed E-state index contributed by atoms with van der Waals surface area (Å²) in [6.07, 6.45) is 4.14. The van der Waals surface area contributed by atoms with Crippen molar-refractivity contribution in [2.45, 2.75) is 31.7 Å². The van der Waals surface area contributed by atoms with Crippen molar-refractivity contribution < 1.29 is 27.1 Å². The minimum atomic E-state index is -3.58. The highest BCUT2D eigenvalue weighted by atomic mass is 32.2. The number of carbonyl (C=O) groups is 2. The number of hydrogen-bond donors (Lipinski definition) is 1. The number of nitrogens with zero attached hydrogens (tertiary/aromatic N) is 2. The molecule has 10 heteroatoms. The maximum atomic E-state index is 14.1. The molecule has 1 aromatic carbocycles. The summed E-state index contributed by atoms with van der Waals surface area (Å²) in [6, 6.07) is 3.53. The predicted octanol–water partition coefficient (Wildman–Crippen LogP) is 1.23. The van der Waals surface area contributed by atoms with Gasteiger partial charge in [-0.2, -0.15) is 4.31 Å². The van der Waals surface area contributed by atoms with Crippen molar-refractivity contribution in [3.8, 4) is 5.75 Å². The molecule has 2 aliphatic rings. The molecule has 8 nitrogen and oxygen atoms in total. The van der Waals surface area contributed by atoms with E-state index in [2.05, 4.69) is 5.32 Å². The van der Waals surface area contributed by atoms with Gasteiger partial charge in [-0.25, -0.2) is 12.8 Å². The predicted molar refractivity (Wildman–Crippen MR) is 109 cm³/mol. The standard InChI is InChI=1S/C20H28FN3O5S/c1-29-18-8-7-14(13-16(18)21)20(26)23-10-9-22-19(25)15-5-3-4-6-17(15)24(12-11-23)30(2,27)28/h7-8,13,15,17H,3-6,9-12H2,1-2H3,(H,22,25)/t15-,17+/m0/s1. The summed E-state index contributed by atoms with van der Waals surface area (Å²) in [7, 11) is -2.24. The van der Waals surface area contributed by atoms with E-state index in [9.17, 15) is 22.4 Å². The monoisotopic (exact) mass is 441 g/mol. The van der Waals surface area contributed by atoms with E-state index in [4.69, 9.17) is 4.74 Å². The van der Waals surface area contributed by atoms with Crippen LogP contribution in [-0.4, -0.2) is 75.0 Å². The molecule has 0 aromatic heterocycles. The molecule has 1 aromatic rings. The van der Waals surface area contributed by atoms with Crippen molar-refractivity contribution in [3.05, 3.63) is 29.6 Å². The molecule has 2 amide bonds. The summed E-state index contributed by atoms with van der Waals surface area (Å²) < 4.78 is 45.3. The molecular formula is C20H28FN3O5S. The number of ether oxygens (including phenoxy) is 1. The van der Waals surface area contributed by atoms with Crippen molar-refractivity contribution in [2.24, 2.45) is 5.92 Å². The summed E-state index contributed by atoms with van der Waals surface area (Å²) in [4.78, 5) is 27.1. The number of halogens is 1. The molecule has 2 fully saturated rings. The van der Waals surface area contributed by atoms with E-state index in [1.807, 2.05) is 0 Å². The zero-order valence-electron chi connectivity index (χ0n) is 17.3. The molecule has 3 rings (SSSR count). The Morgan fingerprint density at radius 3 is 2.60 bits per heavy atom. The lowest BCUT2D eigenvalue weighted by Crippen LogP contribution is -2.55. The molecular weight excluding hydrogens is 413 g/mol. The Balaban J connectivity index is 1.86. The number of hydrogen-bond acceptors (Lipinski definition) is 5. The van der Waals surface area contributed by atoms with Gasteiger partial charge in [0.15, 0.2) is 11.6 Å². The number of rotatable bonds is 3. The van der Waals surface area contributed by atoms with Crippen molar-refractivity contribution in [1.82, 2.24) is 14.5 Å². The van der Waals surface area contributed by atoms with Crippen LogP contribution in [0, 0.1) is 11.7 Å². The van der Waals surface area contributed by atoms with Crippen LogP contribution in [0.15, 0.2) is 18.2 Å². The molecule has 0 radical (unpaired) electrons. The zero-order chi connectivity index (χ0) is 21.9. The number of methoxy groups -OCH3 is 1. The molecule has 1 saturated carbocycles. The summed E-state index contributed by atoms with van der Waals surface area (Å²) in [5, 5.41) is 2.84. The Kier molecular flexibility index (Phi) is 6.97. The fraction of sp³-hybridized carbons (Fsp3) is 0.600. The summed E-state index contributed by atoms with van der Waals surface area (Å²) >= 11 is 0. The van der Waals surface area contributed by atoms with Crippen LogP contribution in [0.3, 0.4) is 0 Å². The van der Waals surface area contributed by atoms with Gasteiger partial charge >= 0.3 is 0 Å². The molecule has 1 saturated heterocycles. The van der Waals surface area contributed by atoms with Gasteiger partial charge in [-0.1, -0.05) is 12.8 Å². The highest BCUT2D eigenvalue weighted by molar-refractivity contribution is 7.88. The van der Waals surface area contributed by atoms with Crippen LogP contribution in [0.25, 0.3) is 0 Å². The fourth-order valence-corrected chi connectivity index (χ4v) is 5.46. The molecule has 0 unspecified atom stereocenters. The minimum absolute atomic E-state index is 0.0337. The number of fused-ring (bicyclic) bond motifs is 1. The van der Waals surface area contributed by atoms with E-state index >= 15 is 0 Å². The van der Waals surface area contributed by atoms with Gasteiger partial charge in [-0.15, -0.1) is 0 Å². The Morgan fingerprint density at radius 2 is 1.93 bits per heavy atom. The summed E-state index contributed by atoms with van der Waals surface area (Å²) in [5.41, 5.74) is 0.137. The lowest BCUT2D eigenvalue weighted by molar-refractivity contribution is -0.127. The number of nitrogens with one attached hydrogen (secondary N) is 1. The molecule has 1 N–H and O–H groups in total. The Hall–Kier alpha value is -2.20. The molecule has 1 aliphatic carbocycles. The second kappa shape index (κ2) is 9.30. The number of amides is 2. The van der Waals surface area contributed by atoms with Crippen molar-refractivity contribution in [2.75, 3.05) is 39.5 Å². The van der Waals surface area contributed by atoms with Crippen molar-refractivity contribution in [1.29, 1.82) is 0 Å². The molecule has 1 aliphatic heterocycles. The maximum Gasteiger partial charge on any atom is 0.254 e. The molecule has 0 bridgehead atoms. The fourth-order valence-electron chi connectivity index (χ4n) is 4.30.